The fraction of sp³-hybridized carbons (Fsp3) is 0.125. The molecule has 0 aliphatic heterocycles. The van der Waals surface area contributed by atoms with Crippen LogP contribution in [0.1, 0.15) is 11.1 Å². The Labute approximate surface area is 123 Å². The first-order valence-electron chi connectivity index (χ1n) is 6.54. The lowest BCUT2D eigenvalue weighted by atomic mass is 10.0. The Kier molecular flexibility index (Phi) is 4.78. The normalized spacial score (nSPS) is 9.67. The third kappa shape index (κ3) is 4.25. The highest BCUT2D eigenvalue weighted by Gasteiger charge is 2.00. The molecule has 0 amide bonds. The van der Waals surface area contributed by atoms with Crippen LogP contribution in [-0.2, 0) is 13.1 Å². The van der Waals surface area contributed by atoms with Crippen molar-refractivity contribution in [2.75, 3.05) is 0 Å². The van der Waals surface area contributed by atoms with Gasteiger partial charge < -0.3 is 16.8 Å². The van der Waals surface area contributed by atoms with Gasteiger partial charge in [-0.15, -0.1) is 0 Å². The number of nitrogens with one attached hydrogen (secondary N) is 1. The fourth-order valence-corrected chi connectivity index (χ4v) is 1.99. The summed E-state index contributed by atoms with van der Waals surface area (Å²) in [5.74, 6) is 0.0942. The number of nitriles is 1. The van der Waals surface area contributed by atoms with Crippen molar-refractivity contribution in [3.05, 3.63) is 59.7 Å². The fourth-order valence-electron chi connectivity index (χ4n) is 1.99. The van der Waals surface area contributed by atoms with E-state index in [2.05, 4.69) is 16.4 Å². The maximum Gasteiger partial charge on any atom is 0.186 e. The van der Waals surface area contributed by atoms with Gasteiger partial charge in [0.1, 0.15) is 0 Å². The molecule has 5 heteroatoms. The third-order valence-electron chi connectivity index (χ3n) is 3.03. The monoisotopic (exact) mass is 279 g/mol. The van der Waals surface area contributed by atoms with E-state index < -0.39 is 0 Å². The van der Waals surface area contributed by atoms with Gasteiger partial charge in [-0.3, -0.25) is 0 Å². The highest BCUT2D eigenvalue weighted by molar-refractivity contribution is 5.75. The number of hydrogen-bond acceptors (Lipinski definition) is 3. The summed E-state index contributed by atoms with van der Waals surface area (Å²) in [6, 6.07) is 16.2. The van der Waals surface area contributed by atoms with Gasteiger partial charge in [-0.05, 0) is 28.3 Å². The van der Waals surface area contributed by atoms with E-state index in [1.807, 2.05) is 48.7 Å². The second-order valence-electron chi connectivity index (χ2n) is 4.60. The van der Waals surface area contributed by atoms with Crippen molar-refractivity contribution in [2.45, 2.75) is 13.1 Å². The predicted octanol–water partition coefficient (Wildman–Crippen LogP) is 1.70. The molecule has 0 saturated carbocycles. The smallest absolute Gasteiger partial charge is 0.186 e. The van der Waals surface area contributed by atoms with Gasteiger partial charge in [-0.2, -0.15) is 5.26 Å². The van der Waals surface area contributed by atoms with Crippen molar-refractivity contribution >= 4 is 5.96 Å². The lowest BCUT2D eigenvalue weighted by molar-refractivity contribution is 0.885. The van der Waals surface area contributed by atoms with Crippen LogP contribution >= 0.6 is 0 Å². The lowest BCUT2D eigenvalue weighted by Gasteiger charge is -2.06. The zero-order valence-electron chi connectivity index (χ0n) is 11.6. The molecule has 2 rings (SSSR count). The second-order valence-corrected chi connectivity index (χ2v) is 4.60. The largest absolute Gasteiger partial charge is 0.370 e. The molecule has 0 atom stereocenters. The van der Waals surface area contributed by atoms with Crippen LogP contribution in [0.3, 0.4) is 0 Å². The molecule has 5 nitrogen and oxygen atoms in total. The van der Waals surface area contributed by atoms with Crippen LogP contribution in [0.25, 0.3) is 11.1 Å². The summed E-state index contributed by atoms with van der Waals surface area (Å²) in [6.07, 6.45) is 1.92. The standard InChI is InChI=1S/C16H17N5/c17-11-20-9-13-2-1-3-15(8-13)14-6-4-12(5-7-14)10-21-16(18)19/h1-8,20H,9-10H2,(H4,18,19,21). The highest BCUT2D eigenvalue weighted by atomic mass is 15.0. The zero-order valence-corrected chi connectivity index (χ0v) is 11.6. The maximum absolute atomic E-state index is 8.54. The molecule has 0 heterocycles. The Morgan fingerprint density at radius 1 is 1.05 bits per heavy atom. The van der Waals surface area contributed by atoms with Crippen LogP contribution < -0.4 is 16.8 Å². The third-order valence-corrected chi connectivity index (χ3v) is 3.03. The summed E-state index contributed by atoms with van der Waals surface area (Å²) in [4.78, 5) is 3.98. The number of benzene rings is 2. The molecule has 0 aliphatic rings. The zero-order chi connectivity index (χ0) is 15.1. The Hall–Kier alpha value is -3.00. The molecule has 0 saturated heterocycles. The molecule has 5 N–H and O–H groups in total. The van der Waals surface area contributed by atoms with E-state index in [1.54, 1.807) is 0 Å². The minimum Gasteiger partial charge on any atom is -0.370 e. The van der Waals surface area contributed by atoms with Crippen LogP contribution in [0.5, 0.6) is 0 Å². The van der Waals surface area contributed by atoms with Crippen LogP contribution in [0.4, 0.5) is 0 Å². The first-order valence-corrected chi connectivity index (χ1v) is 6.54. The number of rotatable bonds is 5. The number of guanidine groups is 1. The van der Waals surface area contributed by atoms with Crippen LogP contribution in [0, 0.1) is 11.5 Å². The van der Waals surface area contributed by atoms with Gasteiger partial charge in [-0.25, -0.2) is 4.99 Å². The summed E-state index contributed by atoms with van der Waals surface area (Å²) >= 11 is 0. The van der Waals surface area contributed by atoms with Gasteiger partial charge in [-0.1, -0.05) is 42.5 Å². The van der Waals surface area contributed by atoms with Crippen molar-refractivity contribution < 1.29 is 0 Å². The first-order chi connectivity index (χ1) is 10.2. The molecular weight excluding hydrogens is 262 g/mol. The molecule has 0 bridgehead atoms. The van der Waals surface area contributed by atoms with Crippen molar-refractivity contribution in [1.29, 1.82) is 5.26 Å². The summed E-state index contributed by atoms with van der Waals surface area (Å²) in [5, 5.41) is 11.2. The summed E-state index contributed by atoms with van der Waals surface area (Å²) in [6.45, 7) is 1.02. The number of nitrogens with two attached hydrogens (primary N) is 2. The Bertz CT molecular complexity index is 664. The van der Waals surface area contributed by atoms with E-state index >= 15 is 0 Å². The highest BCUT2D eigenvalue weighted by Crippen LogP contribution is 2.21. The van der Waals surface area contributed by atoms with E-state index in [0.717, 1.165) is 22.3 Å². The van der Waals surface area contributed by atoms with Crippen LogP contribution in [0.15, 0.2) is 53.5 Å². The summed E-state index contributed by atoms with van der Waals surface area (Å²) < 4.78 is 0. The van der Waals surface area contributed by atoms with Gasteiger partial charge in [0.05, 0.1) is 6.54 Å². The molecule has 0 aromatic heterocycles. The van der Waals surface area contributed by atoms with E-state index in [4.69, 9.17) is 16.7 Å². The Morgan fingerprint density at radius 2 is 1.81 bits per heavy atom. The quantitative estimate of drug-likeness (QED) is 0.335. The molecule has 0 radical (unpaired) electrons. The molecule has 0 spiro atoms. The minimum absolute atomic E-state index is 0.0942. The molecule has 0 aliphatic carbocycles. The van der Waals surface area contributed by atoms with Crippen molar-refractivity contribution in [1.82, 2.24) is 5.32 Å². The minimum atomic E-state index is 0.0942. The van der Waals surface area contributed by atoms with Crippen LogP contribution in [-0.4, -0.2) is 5.96 Å². The first kappa shape index (κ1) is 14.4. The SMILES string of the molecule is N#CNCc1cccc(-c2ccc(CN=C(N)N)cc2)c1. The van der Waals surface area contributed by atoms with E-state index in [0.29, 0.717) is 13.1 Å². The molecule has 2 aromatic carbocycles. The van der Waals surface area contributed by atoms with Crippen LogP contribution in [0.2, 0.25) is 0 Å². The van der Waals surface area contributed by atoms with Gasteiger partial charge >= 0.3 is 0 Å². The average Bonchev–Trinajstić information content (AvgIpc) is 2.51. The van der Waals surface area contributed by atoms with E-state index in [9.17, 15) is 0 Å². The lowest BCUT2D eigenvalue weighted by Crippen LogP contribution is -2.22. The maximum atomic E-state index is 8.54. The number of nitrogens with zero attached hydrogens (tertiary/aromatic N) is 2. The molecule has 21 heavy (non-hydrogen) atoms. The Balaban J connectivity index is 2.15. The van der Waals surface area contributed by atoms with Gasteiger partial charge in [0.25, 0.3) is 0 Å². The molecule has 0 unspecified atom stereocenters. The van der Waals surface area contributed by atoms with Gasteiger partial charge in [0, 0.05) is 6.54 Å². The van der Waals surface area contributed by atoms with Gasteiger partial charge in [0.2, 0.25) is 0 Å². The average molecular weight is 279 g/mol. The van der Waals surface area contributed by atoms with Crippen molar-refractivity contribution in [2.24, 2.45) is 16.5 Å². The molecular formula is C16H17N5. The number of hydrogen-bond donors (Lipinski definition) is 3. The second kappa shape index (κ2) is 6.96. The summed E-state index contributed by atoms with van der Waals surface area (Å²) in [7, 11) is 0. The molecule has 2 aromatic rings. The van der Waals surface area contributed by atoms with Crippen molar-refractivity contribution in [3.63, 3.8) is 0 Å². The topological polar surface area (TPSA) is 100 Å². The van der Waals surface area contributed by atoms with E-state index in [-0.39, 0.29) is 5.96 Å². The van der Waals surface area contributed by atoms with Gasteiger partial charge in [0.15, 0.2) is 12.2 Å². The predicted molar refractivity (Wildman–Crippen MR) is 83.8 cm³/mol. The summed E-state index contributed by atoms with van der Waals surface area (Å²) in [5.41, 5.74) is 15.0. The Morgan fingerprint density at radius 3 is 2.48 bits per heavy atom. The van der Waals surface area contributed by atoms with E-state index in [1.165, 1.54) is 0 Å². The number of aliphatic imine (C=N–C) groups is 1. The van der Waals surface area contributed by atoms with Crippen molar-refractivity contribution in [3.8, 4) is 17.3 Å². The molecule has 0 fully saturated rings. The molecule has 106 valence electrons.